The third-order valence-electron chi connectivity index (χ3n) is 4.02. The van der Waals surface area contributed by atoms with Crippen LogP contribution >= 0.6 is 11.3 Å². The van der Waals surface area contributed by atoms with Crippen molar-refractivity contribution in [1.29, 1.82) is 0 Å². The van der Waals surface area contributed by atoms with E-state index in [1.54, 1.807) is 34.1 Å². The van der Waals surface area contributed by atoms with Crippen molar-refractivity contribution in [3.63, 3.8) is 0 Å². The summed E-state index contributed by atoms with van der Waals surface area (Å²) in [5.74, 6) is 0.153. The van der Waals surface area contributed by atoms with Crippen molar-refractivity contribution in [3.05, 3.63) is 52.2 Å². The Morgan fingerprint density at radius 2 is 1.74 bits per heavy atom. The standard InChI is InChI=1S/C17H18N2O3S/c20-15-4-2-1-3-13(15)11-16(21)18-6-8-19(9-7-18)17(22)14-5-10-23-12-14/h1-5,10,12,20H,6-9,11H2. The van der Waals surface area contributed by atoms with Crippen molar-refractivity contribution in [2.45, 2.75) is 6.42 Å². The molecule has 6 heteroatoms. The molecule has 0 atom stereocenters. The Morgan fingerprint density at radius 1 is 1.04 bits per heavy atom. The molecule has 1 aliphatic heterocycles. The van der Waals surface area contributed by atoms with Crippen molar-refractivity contribution in [3.8, 4) is 5.75 Å². The molecule has 5 nitrogen and oxygen atoms in total. The summed E-state index contributed by atoms with van der Waals surface area (Å²) in [5.41, 5.74) is 1.35. The number of hydrogen-bond acceptors (Lipinski definition) is 4. The van der Waals surface area contributed by atoms with Crippen LogP contribution < -0.4 is 0 Å². The van der Waals surface area contributed by atoms with Crippen LogP contribution in [0, 0.1) is 0 Å². The summed E-state index contributed by atoms with van der Waals surface area (Å²) < 4.78 is 0. The molecule has 0 radical (unpaired) electrons. The Morgan fingerprint density at radius 3 is 2.39 bits per heavy atom. The summed E-state index contributed by atoms with van der Waals surface area (Å²) in [4.78, 5) is 28.1. The van der Waals surface area contributed by atoms with Crippen LogP contribution in [0.2, 0.25) is 0 Å². The van der Waals surface area contributed by atoms with Gasteiger partial charge in [0.15, 0.2) is 0 Å². The molecule has 1 aromatic carbocycles. The fraction of sp³-hybridized carbons (Fsp3) is 0.294. The predicted molar refractivity (Wildman–Crippen MR) is 88.6 cm³/mol. The minimum absolute atomic E-state index is 0.0193. The van der Waals surface area contributed by atoms with E-state index in [1.165, 1.54) is 11.3 Å². The van der Waals surface area contributed by atoms with Crippen molar-refractivity contribution in [2.24, 2.45) is 0 Å². The number of benzene rings is 1. The number of phenols is 1. The number of amides is 2. The number of thiophene rings is 1. The maximum absolute atomic E-state index is 12.3. The lowest BCUT2D eigenvalue weighted by Gasteiger charge is -2.34. The topological polar surface area (TPSA) is 60.9 Å². The number of nitrogens with zero attached hydrogens (tertiary/aromatic N) is 2. The average Bonchev–Trinajstić information content (AvgIpc) is 3.11. The summed E-state index contributed by atoms with van der Waals surface area (Å²) in [6.45, 7) is 2.15. The van der Waals surface area contributed by atoms with Crippen LogP contribution in [-0.4, -0.2) is 52.9 Å². The lowest BCUT2D eigenvalue weighted by Crippen LogP contribution is -2.50. The number of para-hydroxylation sites is 1. The van der Waals surface area contributed by atoms with Gasteiger partial charge in [-0.1, -0.05) is 18.2 Å². The molecule has 1 aliphatic rings. The van der Waals surface area contributed by atoms with Gasteiger partial charge in [-0.3, -0.25) is 9.59 Å². The first-order chi connectivity index (χ1) is 11.1. The first-order valence-corrected chi connectivity index (χ1v) is 8.45. The molecule has 2 amide bonds. The highest BCUT2D eigenvalue weighted by Gasteiger charge is 2.25. The zero-order chi connectivity index (χ0) is 16.2. The quantitative estimate of drug-likeness (QED) is 0.936. The first-order valence-electron chi connectivity index (χ1n) is 7.51. The van der Waals surface area contributed by atoms with E-state index in [2.05, 4.69) is 0 Å². The number of piperazine rings is 1. The molecule has 3 rings (SSSR count). The molecule has 120 valence electrons. The van der Waals surface area contributed by atoms with Crippen LogP contribution in [0.15, 0.2) is 41.1 Å². The number of aromatic hydroxyl groups is 1. The van der Waals surface area contributed by atoms with E-state index in [4.69, 9.17) is 0 Å². The van der Waals surface area contributed by atoms with Crippen LogP contribution in [0.5, 0.6) is 5.75 Å². The van der Waals surface area contributed by atoms with Gasteiger partial charge in [-0.2, -0.15) is 11.3 Å². The molecule has 0 aliphatic carbocycles. The van der Waals surface area contributed by atoms with Crippen LogP contribution in [0.25, 0.3) is 0 Å². The van der Waals surface area contributed by atoms with Gasteiger partial charge in [0.25, 0.3) is 5.91 Å². The highest BCUT2D eigenvalue weighted by atomic mass is 32.1. The number of rotatable bonds is 3. The third-order valence-corrected chi connectivity index (χ3v) is 4.70. The van der Waals surface area contributed by atoms with Crippen LogP contribution in [0.1, 0.15) is 15.9 Å². The smallest absolute Gasteiger partial charge is 0.254 e. The first kappa shape index (κ1) is 15.6. The van der Waals surface area contributed by atoms with Gasteiger partial charge < -0.3 is 14.9 Å². The second-order valence-corrected chi connectivity index (χ2v) is 6.27. The molecule has 1 saturated heterocycles. The molecular weight excluding hydrogens is 312 g/mol. The summed E-state index contributed by atoms with van der Waals surface area (Å²) in [7, 11) is 0. The van der Waals surface area contributed by atoms with E-state index in [0.29, 0.717) is 37.3 Å². The van der Waals surface area contributed by atoms with E-state index < -0.39 is 0 Å². The number of carbonyl (C=O) groups is 2. The molecular formula is C17H18N2O3S. The molecule has 23 heavy (non-hydrogen) atoms. The lowest BCUT2D eigenvalue weighted by atomic mass is 10.1. The van der Waals surface area contributed by atoms with Gasteiger partial charge in [0.2, 0.25) is 5.91 Å². The van der Waals surface area contributed by atoms with Gasteiger partial charge >= 0.3 is 0 Å². The average molecular weight is 330 g/mol. The lowest BCUT2D eigenvalue weighted by molar-refractivity contribution is -0.131. The second-order valence-electron chi connectivity index (χ2n) is 5.49. The van der Waals surface area contributed by atoms with Crippen molar-refractivity contribution in [1.82, 2.24) is 9.80 Å². The van der Waals surface area contributed by atoms with Crippen LogP contribution in [-0.2, 0) is 11.2 Å². The largest absolute Gasteiger partial charge is 0.508 e. The van der Waals surface area contributed by atoms with Gasteiger partial charge in [-0.05, 0) is 17.5 Å². The SMILES string of the molecule is O=C(Cc1ccccc1O)N1CCN(C(=O)c2ccsc2)CC1. The van der Waals surface area contributed by atoms with Gasteiger partial charge in [-0.25, -0.2) is 0 Å². The Labute approximate surface area is 138 Å². The maximum Gasteiger partial charge on any atom is 0.254 e. The van der Waals surface area contributed by atoms with Crippen molar-refractivity contribution in [2.75, 3.05) is 26.2 Å². The van der Waals surface area contributed by atoms with E-state index >= 15 is 0 Å². The second kappa shape index (κ2) is 6.83. The highest BCUT2D eigenvalue weighted by molar-refractivity contribution is 7.08. The molecule has 1 fully saturated rings. The monoisotopic (exact) mass is 330 g/mol. The summed E-state index contributed by atoms with van der Waals surface area (Å²) in [6.07, 6.45) is 0.186. The van der Waals surface area contributed by atoms with Gasteiger partial charge in [0, 0.05) is 37.1 Å². The van der Waals surface area contributed by atoms with E-state index in [9.17, 15) is 14.7 Å². The number of hydrogen-bond donors (Lipinski definition) is 1. The van der Waals surface area contributed by atoms with E-state index in [1.807, 2.05) is 16.8 Å². The molecule has 0 bridgehead atoms. The minimum Gasteiger partial charge on any atom is -0.508 e. The van der Waals surface area contributed by atoms with Gasteiger partial charge in [-0.15, -0.1) is 0 Å². The summed E-state index contributed by atoms with van der Waals surface area (Å²) >= 11 is 1.50. The minimum atomic E-state index is -0.0193. The zero-order valence-corrected chi connectivity index (χ0v) is 13.5. The molecule has 1 N–H and O–H groups in total. The highest BCUT2D eigenvalue weighted by Crippen LogP contribution is 2.18. The van der Waals surface area contributed by atoms with Gasteiger partial charge in [0.1, 0.15) is 5.75 Å². The normalized spacial score (nSPS) is 14.8. The molecule has 1 aromatic heterocycles. The summed E-state index contributed by atoms with van der Waals surface area (Å²) in [6, 6.07) is 8.70. The Balaban J connectivity index is 1.55. The fourth-order valence-corrected chi connectivity index (χ4v) is 3.29. The van der Waals surface area contributed by atoms with Gasteiger partial charge in [0.05, 0.1) is 12.0 Å². The number of carbonyl (C=O) groups excluding carboxylic acids is 2. The number of phenolic OH excluding ortho intramolecular Hbond substituents is 1. The predicted octanol–water partition coefficient (Wildman–Crippen LogP) is 1.98. The van der Waals surface area contributed by atoms with Crippen LogP contribution in [0.4, 0.5) is 0 Å². The maximum atomic E-state index is 12.3. The molecule has 0 spiro atoms. The van der Waals surface area contributed by atoms with E-state index in [-0.39, 0.29) is 24.0 Å². The van der Waals surface area contributed by atoms with Crippen LogP contribution in [0.3, 0.4) is 0 Å². The van der Waals surface area contributed by atoms with Crippen molar-refractivity contribution < 1.29 is 14.7 Å². The van der Waals surface area contributed by atoms with E-state index in [0.717, 1.165) is 0 Å². The Hall–Kier alpha value is -2.34. The Bertz CT molecular complexity index is 692. The molecule has 0 saturated carbocycles. The third kappa shape index (κ3) is 3.53. The molecule has 2 aromatic rings. The molecule has 0 unspecified atom stereocenters. The molecule has 2 heterocycles. The zero-order valence-electron chi connectivity index (χ0n) is 12.6. The Kier molecular flexibility index (Phi) is 4.62. The van der Waals surface area contributed by atoms with Crippen molar-refractivity contribution >= 4 is 23.2 Å². The summed E-state index contributed by atoms with van der Waals surface area (Å²) in [5, 5.41) is 13.5. The fourth-order valence-electron chi connectivity index (χ4n) is 2.66.